The first kappa shape index (κ1) is 36.1. The van der Waals surface area contributed by atoms with Gasteiger partial charge in [0, 0.05) is 50.5 Å². The van der Waals surface area contributed by atoms with Crippen LogP contribution in [0.2, 0.25) is 0 Å². The van der Waals surface area contributed by atoms with Crippen LogP contribution >= 0.6 is 0 Å². The zero-order chi connectivity index (χ0) is 41.0. The minimum atomic E-state index is 0.193. The molecule has 2 unspecified atom stereocenters. The van der Waals surface area contributed by atoms with Crippen LogP contribution in [0, 0.1) is 0 Å². The van der Waals surface area contributed by atoms with Gasteiger partial charge in [0.2, 0.25) is 0 Å². The Morgan fingerprint density at radius 2 is 1.16 bits per heavy atom. The third-order valence-electron chi connectivity index (χ3n) is 13.0. The van der Waals surface area contributed by atoms with E-state index in [4.69, 9.17) is 4.98 Å². The second-order valence-corrected chi connectivity index (χ2v) is 16.6. The normalized spacial score (nSPS) is 16.8. The Morgan fingerprint density at radius 1 is 0.516 bits per heavy atom. The van der Waals surface area contributed by atoms with E-state index in [0.717, 1.165) is 40.9 Å². The predicted octanol–water partition coefficient (Wildman–Crippen LogP) is 14.9. The topological polar surface area (TPSA) is 21.1 Å². The first-order chi connectivity index (χ1) is 30.7. The molecule has 294 valence electrons. The van der Waals surface area contributed by atoms with Crippen molar-refractivity contribution in [1.29, 1.82) is 0 Å². The average Bonchev–Trinajstić information content (AvgIpc) is 3.88. The Morgan fingerprint density at radius 3 is 1.95 bits per heavy atom. The number of hydrogen-bond acceptors (Lipinski definition) is 2. The molecule has 12 rings (SSSR count). The van der Waals surface area contributed by atoms with Gasteiger partial charge in [-0.05, 0) is 94.8 Å². The molecule has 0 amide bonds. The van der Waals surface area contributed by atoms with Crippen molar-refractivity contribution in [3.05, 3.63) is 247 Å². The fourth-order valence-corrected chi connectivity index (χ4v) is 10.1. The van der Waals surface area contributed by atoms with E-state index in [9.17, 15) is 0 Å². The van der Waals surface area contributed by atoms with E-state index in [0.29, 0.717) is 0 Å². The summed E-state index contributed by atoms with van der Waals surface area (Å²) in [5.74, 6) is 0.226. The summed E-state index contributed by atoms with van der Waals surface area (Å²) in [6.45, 7) is 0. The Kier molecular flexibility index (Phi) is 8.78. The predicted molar refractivity (Wildman–Crippen MR) is 259 cm³/mol. The molecule has 2 atom stereocenters. The number of pyridine rings is 1. The van der Waals surface area contributed by atoms with Gasteiger partial charge in [0.1, 0.15) is 0 Å². The maximum Gasteiger partial charge on any atom is 0.0715 e. The average molecular weight is 794 g/mol. The number of nitrogens with zero attached hydrogens (tertiary/aromatic N) is 3. The van der Waals surface area contributed by atoms with Gasteiger partial charge in [0.15, 0.2) is 0 Å². The fourth-order valence-electron chi connectivity index (χ4n) is 10.1. The summed E-state index contributed by atoms with van der Waals surface area (Å²) in [6, 6.07) is 70.2. The van der Waals surface area contributed by atoms with Crippen molar-refractivity contribution in [2.75, 3.05) is 4.90 Å². The SMILES string of the molecule is C1=CC2C(C=C1c1cccc(-c3cc(-c4ccccc4)nc(-c4ccccc4)c3)c1)c1ccccc1N2C1=CC(c2cccc3c4ccccc4n(-c4ccccc4)c23)=CCC1. The number of benzene rings is 7. The van der Waals surface area contributed by atoms with Crippen LogP contribution in [0.15, 0.2) is 230 Å². The molecular formula is C59H43N3. The molecule has 3 aliphatic rings. The first-order valence-electron chi connectivity index (χ1n) is 21.8. The maximum atomic E-state index is 5.14. The van der Waals surface area contributed by atoms with Gasteiger partial charge in [0.05, 0.1) is 28.5 Å². The lowest BCUT2D eigenvalue weighted by molar-refractivity contribution is 0.703. The van der Waals surface area contributed by atoms with Crippen molar-refractivity contribution in [2.24, 2.45) is 0 Å². The van der Waals surface area contributed by atoms with E-state index < -0.39 is 0 Å². The first-order valence-corrected chi connectivity index (χ1v) is 21.8. The molecule has 0 fully saturated rings. The molecule has 1 aliphatic heterocycles. The van der Waals surface area contributed by atoms with Crippen molar-refractivity contribution in [2.45, 2.75) is 24.8 Å². The van der Waals surface area contributed by atoms with Gasteiger partial charge in [-0.3, -0.25) is 0 Å². The Labute approximate surface area is 362 Å². The number of anilines is 1. The van der Waals surface area contributed by atoms with Crippen molar-refractivity contribution in [3.63, 3.8) is 0 Å². The quantitative estimate of drug-likeness (QED) is 0.160. The molecular weight excluding hydrogens is 751 g/mol. The highest BCUT2D eigenvalue weighted by molar-refractivity contribution is 6.13. The van der Waals surface area contributed by atoms with Gasteiger partial charge in [-0.2, -0.15) is 0 Å². The Balaban J connectivity index is 0.909. The lowest BCUT2D eigenvalue weighted by Gasteiger charge is -2.33. The smallest absolute Gasteiger partial charge is 0.0715 e. The molecule has 0 radical (unpaired) electrons. The van der Waals surface area contributed by atoms with Crippen LogP contribution in [0.4, 0.5) is 5.69 Å². The monoisotopic (exact) mass is 793 g/mol. The van der Waals surface area contributed by atoms with Gasteiger partial charge in [-0.25, -0.2) is 4.98 Å². The summed E-state index contributed by atoms with van der Waals surface area (Å²) >= 11 is 0. The third-order valence-corrected chi connectivity index (χ3v) is 13.0. The Bertz CT molecular complexity index is 3240. The summed E-state index contributed by atoms with van der Waals surface area (Å²) in [5, 5.41) is 2.56. The number of aromatic nitrogens is 2. The summed E-state index contributed by atoms with van der Waals surface area (Å²) < 4.78 is 2.45. The van der Waals surface area contributed by atoms with Crippen LogP contribution < -0.4 is 4.90 Å². The molecule has 7 aromatic carbocycles. The molecule has 0 spiro atoms. The van der Waals surface area contributed by atoms with Crippen LogP contribution in [0.5, 0.6) is 0 Å². The van der Waals surface area contributed by atoms with Crippen molar-refractivity contribution in [1.82, 2.24) is 9.55 Å². The van der Waals surface area contributed by atoms with Gasteiger partial charge < -0.3 is 9.47 Å². The van der Waals surface area contributed by atoms with Crippen LogP contribution in [0.1, 0.15) is 35.4 Å². The zero-order valence-corrected chi connectivity index (χ0v) is 34.3. The summed E-state index contributed by atoms with van der Waals surface area (Å²) in [4.78, 5) is 7.77. The maximum absolute atomic E-state index is 5.14. The summed E-state index contributed by atoms with van der Waals surface area (Å²) in [6.07, 6.45) is 14.2. The largest absolute Gasteiger partial charge is 0.337 e. The number of rotatable bonds is 7. The van der Waals surface area contributed by atoms with Gasteiger partial charge >= 0.3 is 0 Å². The molecule has 0 saturated heterocycles. The molecule has 3 heteroatoms. The van der Waals surface area contributed by atoms with E-state index in [2.05, 4.69) is 234 Å². The second-order valence-electron chi connectivity index (χ2n) is 16.6. The second kappa shape index (κ2) is 15.1. The minimum Gasteiger partial charge on any atom is -0.337 e. The lowest BCUT2D eigenvalue weighted by Crippen LogP contribution is -2.33. The van der Waals surface area contributed by atoms with E-state index in [1.807, 2.05) is 0 Å². The van der Waals surface area contributed by atoms with E-state index >= 15 is 0 Å². The molecule has 3 nitrogen and oxygen atoms in total. The zero-order valence-electron chi connectivity index (χ0n) is 34.3. The molecule has 3 heterocycles. The van der Waals surface area contributed by atoms with Crippen molar-refractivity contribution in [3.8, 4) is 39.3 Å². The number of fused-ring (bicyclic) bond motifs is 6. The standard InChI is InChI=1S/C59H43N3/c1-4-17-40(18-5-1)54-38-46(39-55(60-54)41-19-6-2-7-20-41)43-22-14-21-42(35-43)44-33-34-58-53(37-44)51-28-11-12-31-56(51)61(58)48-26-15-23-45(36-48)49-29-16-30-52-50-27-10-13-32-57(50)62(59(49)52)47-24-8-3-9-25-47/h1-14,16-25,27-39,53,58H,15,26H2. The highest BCUT2D eigenvalue weighted by Crippen LogP contribution is 2.49. The molecule has 9 aromatic rings. The lowest BCUT2D eigenvalue weighted by atomic mass is 9.85. The van der Waals surface area contributed by atoms with E-state index in [-0.39, 0.29) is 12.0 Å². The molecule has 2 aromatic heterocycles. The molecule has 0 N–H and O–H groups in total. The van der Waals surface area contributed by atoms with E-state index in [1.165, 1.54) is 72.3 Å². The van der Waals surface area contributed by atoms with Crippen molar-refractivity contribution >= 4 is 38.6 Å². The highest BCUT2D eigenvalue weighted by Gasteiger charge is 2.39. The van der Waals surface area contributed by atoms with Crippen LogP contribution in [-0.4, -0.2) is 15.6 Å². The summed E-state index contributed by atoms with van der Waals surface area (Å²) in [7, 11) is 0. The van der Waals surface area contributed by atoms with Gasteiger partial charge in [-0.15, -0.1) is 0 Å². The van der Waals surface area contributed by atoms with Crippen LogP contribution in [-0.2, 0) is 0 Å². The molecule has 62 heavy (non-hydrogen) atoms. The van der Waals surface area contributed by atoms with Gasteiger partial charge in [-0.1, -0.05) is 176 Å². The molecule has 2 aliphatic carbocycles. The number of para-hydroxylation sites is 4. The van der Waals surface area contributed by atoms with E-state index in [1.54, 1.807) is 0 Å². The third kappa shape index (κ3) is 6.16. The number of hydrogen-bond donors (Lipinski definition) is 0. The fraction of sp³-hybridized carbons (Fsp3) is 0.0678. The van der Waals surface area contributed by atoms with Crippen molar-refractivity contribution < 1.29 is 0 Å². The molecule has 0 bridgehead atoms. The van der Waals surface area contributed by atoms with Gasteiger partial charge in [0.25, 0.3) is 0 Å². The molecule has 0 saturated carbocycles. The number of allylic oxidation sites excluding steroid dienone is 6. The highest BCUT2D eigenvalue weighted by atomic mass is 15.2. The summed E-state index contributed by atoms with van der Waals surface area (Å²) in [5.41, 5.74) is 19.2. The van der Waals surface area contributed by atoms with Crippen LogP contribution in [0.25, 0.3) is 72.3 Å². The minimum absolute atomic E-state index is 0.193. The van der Waals surface area contributed by atoms with Crippen LogP contribution in [0.3, 0.4) is 0 Å². The Hall–Kier alpha value is -7.75.